The minimum Gasteiger partial charge on any atom is -0.491 e. The summed E-state index contributed by atoms with van der Waals surface area (Å²) in [5.41, 5.74) is 1.18. The summed E-state index contributed by atoms with van der Waals surface area (Å²) in [7, 11) is 1.67. The number of carbonyl (C=O) groups excluding carboxylic acids is 1. The van der Waals surface area contributed by atoms with Gasteiger partial charge in [-0.3, -0.25) is 9.69 Å². The van der Waals surface area contributed by atoms with Crippen molar-refractivity contribution < 1.29 is 24.1 Å². The van der Waals surface area contributed by atoms with E-state index < -0.39 is 6.10 Å². The van der Waals surface area contributed by atoms with Crippen LogP contribution in [0.4, 0.5) is 0 Å². The number of rotatable bonds is 14. The molecule has 2 atom stereocenters. The van der Waals surface area contributed by atoms with Gasteiger partial charge in [0, 0.05) is 44.8 Å². The van der Waals surface area contributed by atoms with E-state index in [0.29, 0.717) is 39.5 Å². The number of nitrogens with zero attached hydrogens (tertiary/aromatic N) is 2. The number of carbonyl (C=O) groups is 1. The van der Waals surface area contributed by atoms with Gasteiger partial charge in [0.1, 0.15) is 12.4 Å². The maximum atomic E-state index is 13.5. The molecule has 0 saturated carbocycles. The molecule has 182 valence electrons. The highest BCUT2D eigenvalue weighted by Crippen LogP contribution is 2.34. The quantitative estimate of drug-likeness (QED) is 0.423. The molecule has 2 heterocycles. The van der Waals surface area contributed by atoms with Gasteiger partial charge in [-0.05, 0) is 48.9 Å². The van der Waals surface area contributed by atoms with E-state index in [1.54, 1.807) is 18.4 Å². The summed E-state index contributed by atoms with van der Waals surface area (Å²) < 4.78 is 16.6. The lowest BCUT2D eigenvalue weighted by Crippen LogP contribution is -2.48. The lowest BCUT2D eigenvalue weighted by Gasteiger charge is -2.37. The van der Waals surface area contributed by atoms with Crippen LogP contribution in [-0.4, -0.2) is 86.6 Å². The Balaban J connectivity index is 1.68. The number of hydrogen-bond donors (Lipinski definition) is 1. The molecule has 2 aromatic rings. The molecule has 0 radical (unpaired) electrons. The third-order valence-corrected chi connectivity index (χ3v) is 6.73. The van der Waals surface area contributed by atoms with Gasteiger partial charge >= 0.3 is 0 Å². The zero-order valence-electron chi connectivity index (χ0n) is 19.7. The van der Waals surface area contributed by atoms with Crippen LogP contribution in [-0.2, 0) is 20.7 Å². The molecule has 0 bridgehead atoms. The van der Waals surface area contributed by atoms with E-state index in [0.717, 1.165) is 18.6 Å². The lowest BCUT2D eigenvalue weighted by molar-refractivity contribution is -0.136. The smallest absolute Gasteiger partial charge is 0.237 e. The van der Waals surface area contributed by atoms with Crippen molar-refractivity contribution in [3.8, 4) is 5.75 Å². The fourth-order valence-electron chi connectivity index (χ4n) is 4.12. The molecule has 7 nitrogen and oxygen atoms in total. The first-order valence-corrected chi connectivity index (χ1v) is 12.5. The lowest BCUT2D eigenvalue weighted by atomic mass is 10.0. The zero-order chi connectivity index (χ0) is 23.5. The predicted octanol–water partition coefficient (Wildman–Crippen LogP) is 2.99. The molecule has 0 fully saturated rings. The Hall–Kier alpha value is -1.97. The summed E-state index contributed by atoms with van der Waals surface area (Å²) in [5, 5.41) is 12.4. The highest BCUT2D eigenvalue weighted by atomic mass is 32.1. The van der Waals surface area contributed by atoms with E-state index in [1.165, 1.54) is 10.4 Å². The monoisotopic (exact) mass is 476 g/mol. The first-order chi connectivity index (χ1) is 16.1. The number of thiophene rings is 1. The summed E-state index contributed by atoms with van der Waals surface area (Å²) in [4.78, 5) is 18.7. The van der Waals surface area contributed by atoms with Gasteiger partial charge in [-0.15, -0.1) is 11.3 Å². The van der Waals surface area contributed by atoms with Gasteiger partial charge in [0.25, 0.3) is 0 Å². The van der Waals surface area contributed by atoms with Gasteiger partial charge in [-0.2, -0.15) is 0 Å². The Bertz CT molecular complexity index is 831. The van der Waals surface area contributed by atoms with Crippen LogP contribution < -0.4 is 4.74 Å². The second-order valence-electron chi connectivity index (χ2n) is 8.17. The SMILES string of the molecule is CCOC[C@@H](O)CN(CCCOC)CC(=O)N1CCc2sccc2[C@H]1COc1ccccc1. The van der Waals surface area contributed by atoms with E-state index in [2.05, 4.69) is 11.4 Å². The molecule has 1 aliphatic heterocycles. The van der Waals surface area contributed by atoms with Crippen LogP contribution in [0.1, 0.15) is 29.8 Å². The topological polar surface area (TPSA) is 71.5 Å². The molecule has 0 aliphatic carbocycles. The van der Waals surface area contributed by atoms with Crippen LogP contribution >= 0.6 is 11.3 Å². The number of para-hydroxylation sites is 1. The van der Waals surface area contributed by atoms with Crippen molar-refractivity contribution in [2.75, 3.05) is 59.7 Å². The molecule has 1 amide bonds. The summed E-state index contributed by atoms with van der Waals surface area (Å²) in [6.07, 6.45) is 1.01. The molecule has 33 heavy (non-hydrogen) atoms. The van der Waals surface area contributed by atoms with Crippen LogP contribution in [0.25, 0.3) is 0 Å². The number of benzene rings is 1. The molecule has 1 aliphatic rings. The molecular weight excluding hydrogens is 440 g/mol. The fraction of sp³-hybridized carbons (Fsp3) is 0.560. The fourth-order valence-corrected chi connectivity index (χ4v) is 5.05. The van der Waals surface area contributed by atoms with Gasteiger partial charge in [0.2, 0.25) is 5.91 Å². The molecule has 0 saturated heterocycles. The third kappa shape index (κ3) is 7.79. The highest BCUT2D eigenvalue weighted by Gasteiger charge is 2.33. The van der Waals surface area contributed by atoms with Crippen LogP contribution in [0, 0.1) is 0 Å². The van der Waals surface area contributed by atoms with Crippen molar-refractivity contribution in [1.29, 1.82) is 0 Å². The van der Waals surface area contributed by atoms with Crippen LogP contribution in [0.3, 0.4) is 0 Å². The van der Waals surface area contributed by atoms with Gasteiger partial charge in [0.15, 0.2) is 0 Å². The molecule has 0 spiro atoms. The normalized spacial score (nSPS) is 16.6. The van der Waals surface area contributed by atoms with Crippen molar-refractivity contribution in [2.45, 2.75) is 31.9 Å². The standard InChI is InChI=1S/C25H36N2O5S/c1-3-31-18-20(28)16-26(12-7-14-30-2)17-25(29)27-13-10-24-22(11-15-33-24)23(27)19-32-21-8-5-4-6-9-21/h4-6,8-9,11,15,20,23,28H,3,7,10,12-14,16-19H2,1-2H3/t20-,23+/m0/s1. The molecule has 1 aromatic carbocycles. The molecular formula is C25H36N2O5S. The number of aliphatic hydroxyl groups is 1. The number of aliphatic hydroxyl groups excluding tert-OH is 1. The average molecular weight is 477 g/mol. The third-order valence-electron chi connectivity index (χ3n) is 5.73. The molecule has 8 heteroatoms. The highest BCUT2D eigenvalue weighted by molar-refractivity contribution is 7.10. The van der Waals surface area contributed by atoms with Gasteiger partial charge in [0.05, 0.1) is 25.3 Å². The van der Waals surface area contributed by atoms with Crippen LogP contribution in [0.15, 0.2) is 41.8 Å². The van der Waals surface area contributed by atoms with Crippen molar-refractivity contribution in [3.05, 3.63) is 52.2 Å². The number of methoxy groups -OCH3 is 1. The second kappa shape index (κ2) is 13.7. The summed E-state index contributed by atoms with van der Waals surface area (Å²) in [6, 6.07) is 11.7. The van der Waals surface area contributed by atoms with E-state index >= 15 is 0 Å². The predicted molar refractivity (Wildman–Crippen MR) is 130 cm³/mol. The second-order valence-corrected chi connectivity index (χ2v) is 9.17. The zero-order valence-corrected chi connectivity index (χ0v) is 20.5. The number of fused-ring (bicyclic) bond motifs is 1. The van der Waals surface area contributed by atoms with E-state index in [4.69, 9.17) is 14.2 Å². The van der Waals surface area contributed by atoms with Gasteiger partial charge < -0.3 is 24.2 Å². The van der Waals surface area contributed by atoms with Crippen molar-refractivity contribution in [3.63, 3.8) is 0 Å². The van der Waals surface area contributed by atoms with E-state index in [9.17, 15) is 9.90 Å². The Morgan fingerprint density at radius 3 is 2.88 bits per heavy atom. The maximum Gasteiger partial charge on any atom is 0.237 e. The molecule has 0 unspecified atom stereocenters. The minimum absolute atomic E-state index is 0.0505. The molecule has 1 N–H and O–H groups in total. The summed E-state index contributed by atoms with van der Waals surface area (Å²) >= 11 is 1.74. The van der Waals surface area contributed by atoms with Gasteiger partial charge in [-0.25, -0.2) is 0 Å². The first kappa shape index (κ1) is 25.6. The minimum atomic E-state index is -0.637. The van der Waals surface area contributed by atoms with E-state index in [1.807, 2.05) is 47.1 Å². The van der Waals surface area contributed by atoms with Crippen molar-refractivity contribution >= 4 is 17.2 Å². The Morgan fingerprint density at radius 1 is 1.30 bits per heavy atom. The Morgan fingerprint density at radius 2 is 2.12 bits per heavy atom. The van der Waals surface area contributed by atoms with Crippen LogP contribution in [0.5, 0.6) is 5.75 Å². The van der Waals surface area contributed by atoms with Crippen molar-refractivity contribution in [2.24, 2.45) is 0 Å². The van der Waals surface area contributed by atoms with Crippen molar-refractivity contribution in [1.82, 2.24) is 9.80 Å². The van der Waals surface area contributed by atoms with Crippen LogP contribution in [0.2, 0.25) is 0 Å². The number of ether oxygens (including phenoxy) is 3. The Labute approximate surface area is 200 Å². The summed E-state index contributed by atoms with van der Waals surface area (Å²) in [5.74, 6) is 0.849. The molecule has 1 aromatic heterocycles. The number of amides is 1. The maximum absolute atomic E-state index is 13.5. The van der Waals surface area contributed by atoms with Gasteiger partial charge in [-0.1, -0.05) is 18.2 Å². The first-order valence-electron chi connectivity index (χ1n) is 11.6. The number of hydrogen-bond acceptors (Lipinski definition) is 7. The largest absolute Gasteiger partial charge is 0.491 e. The summed E-state index contributed by atoms with van der Waals surface area (Å²) in [6.45, 7) is 5.72. The Kier molecular flexibility index (Phi) is 10.6. The van der Waals surface area contributed by atoms with E-state index in [-0.39, 0.29) is 25.1 Å². The molecule has 3 rings (SSSR count). The average Bonchev–Trinajstić information content (AvgIpc) is 3.31.